The summed E-state index contributed by atoms with van der Waals surface area (Å²) in [5.41, 5.74) is 0. The minimum Gasteiger partial charge on any atom is -2.00 e. The summed E-state index contributed by atoms with van der Waals surface area (Å²) < 4.78 is 0. The summed E-state index contributed by atoms with van der Waals surface area (Å²) >= 11 is 0. The van der Waals surface area contributed by atoms with Crippen molar-refractivity contribution >= 4 is 17.4 Å². The van der Waals surface area contributed by atoms with Crippen molar-refractivity contribution in [1.82, 2.24) is 0 Å². The van der Waals surface area contributed by atoms with Gasteiger partial charge >= 0.3 is 92.9 Å². The van der Waals surface area contributed by atoms with E-state index in [0.29, 0.717) is 0 Å². The van der Waals surface area contributed by atoms with Gasteiger partial charge in [0.25, 0.3) is 0 Å². The van der Waals surface area contributed by atoms with Crippen LogP contribution in [-0.2, 0) is 26.5 Å². The molecule has 5 heavy (non-hydrogen) atoms. The first-order valence-corrected chi connectivity index (χ1v) is 0. The predicted octanol–water partition coefficient (Wildman–Crippen LogP) is -3.50. The zero-order valence-electron chi connectivity index (χ0n) is 2.88. The van der Waals surface area contributed by atoms with Gasteiger partial charge in [-0.2, -0.15) is 0 Å². The van der Waals surface area contributed by atoms with Crippen LogP contribution >= 0.6 is 0 Å². The zero-order valence-corrected chi connectivity index (χ0v) is 9.93. The van der Waals surface area contributed by atoms with Crippen LogP contribution in [0.5, 0.6) is 0 Å². The van der Waals surface area contributed by atoms with Gasteiger partial charge < -0.3 is 5.48 Å². The molecular weight excluding hydrogens is 384 g/mol. The van der Waals surface area contributed by atoms with Crippen LogP contribution in [-0.4, -0.2) is 17.4 Å². The van der Waals surface area contributed by atoms with Gasteiger partial charge in [0.15, 0.2) is 0 Å². The number of hydrogen-bond donors (Lipinski definition) is 0. The first-order chi connectivity index (χ1) is 0. The minimum absolute atomic E-state index is 0. The van der Waals surface area contributed by atoms with E-state index in [1.54, 1.807) is 0 Å². The summed E-state index contributed by atoms with van der Waals surface area (Å²) in [7, 11) is 0. The molecule has 0 saturated heterocycles. The van der Waals surface area contributed by atoms with E-state index in [4.69, 9.17) is 0 Å². The molecule has 0 aromatic rings. The maximum Gasteiger partial charge on any atom is 3.00 e. The molecule has 0 spiro atoms. The molecule has 0 N–H and O–H groups in total. The molecule has 0 aromatic carbocycles. The third kappa shape index (κ3) is 19.5. The van der Waals surface area contributed by atoms with Gasteiger partial charge in [-0.25, -0.2) is 0 Å². The SMILES string of the molecule is [Al+3].[La+3].[Li+].[O-2].[Pt+2]. The van der Waals surface area contributed by atoms with Crippen molar-refractivity contribution in [2.24, 2.45) is 0 Å². The van der Waals surface area contributed by atoms with Crippen LogP contribution in [0.2, 0.25) is 0 Å². The first-order valence-electron chi connectivity index (χ1n) is 0. The second-order valence-electron chi connectivity index (χ2n) is 0. The maximum atomic E-state index is 0. The fourth-order valence-corrected chi connectivity index (χ4v) is 0. The standard InChI is InChI=1S/Al.La.Li.O.Pt/q2*+3;+1;-2;+2. The molecule has 0 unspecified atom stereocenters. The summed E-state index contributed by atoms with van der Waals surface area (Å²) in [6, 6.07) is 0. The fraction of sp³-hybridized carbons (Fsp3) is 0. The van der Waals surface area contributed by atoms with Gasteiger partial charge in [0, 0.05) is 0 Å². The summed E-state index contributed by atoms with van der Waals surface area (Å²) in [6.07, 6.45) is 0. The Morgan fingerprint density at radius 1 is 1.00 bits per heavy atom. The molecule has 0 radical (unpaired) electrons. The molecular formula is AlLaLiOPt+7. The Morgan fingerprint density at radius 2 is 1.00 bits per heavy atom. The first kappa shape index (κ1) is 43.9. The van der Waals surface area contributed by atoms with E-state index in [1.165, 1.54) is 0 Å². The molecule has 0 aliphatic heterocycles. The van der Waals surface area contributed by atoms with Crippen LogP contribution in [0, 0.1) is 35.6 Å². The molecule has 0 amide bonds. The molecule has 16 valence electrons. The van der Waals surface area contributed by atoms with Crippen LogP contribution in [0.25, 0.3) is 0 Å². The monoisotopic (exact) mass is 384 g/mol. The van der Waals surface area contributed by atoms with Crippen molar-refractivity contribution in [2.45, 2.75) is 0 Å². The van der Waals surface area contributed by atoms with E-state index < -0.39 is 0 Å². The van der Waals surface area contributed by atoms with Crippen molar-refractivity contribution in [3.8, 4) is 0 Å². The molecule has 5 heteroatoms. The van der Waals surface area contributed by atoms with Crippen molar-refractivity contribution in [3.63, 3.8) is 0 Å². The van der Waals surface area contributed by atoms with E-state index in [2.05, 4.69) is 0 Å². The summed E-state index contributed by atoms with van der Waals surface area (Å²) in [4.78, 5) is 0. The molecule has 0 rings (SSSR count). The van der Waals surface area contributed by atoms with Gasteiger partial charge in [-0.3, -0.25) is 0 Å². The van der Waals surface area contributed by atoms with E-state index in [9.17, 15) is 0 Å². The number of hydrogen-bond acceptors (Lipinski definition) is 0. The second kappa shape index (κ2) is 28.1. The van der Waals surface area contributed by atoms with Crippen LogP contribution in [0.1, 0.15) is 0 Å². The van der Waals surface area contributed by atoms with Gasteiger partial charge in [0.2, 0.25) is 0 Å². The van der Waals surface area contributed by atoms with E-state index in [0.717, 1.165) is 0 Å². The van der Waals surface area contributed by atoms with Gasteiger partial charge in [0.05, 0.1) is 0 Å². The molecule has 0 aromatic heterocycles. The van der Waals surface area contributed by atoms with E-state index in [-0.39, 0.29) is 98.4 Å². The third-order valence-electron chi connectivity index (χ3n) is 0. The van der Waals surface area contributed by atoms with Gasteiger partial charge in [-0.05, 0) is 0 Å². The fourth-order valence-electron chi connectivity index (χ4n) is 0. The van der Waals surface area contributed by atoms with Gasteiger partial charge in [-0.15, -0.1) is 0 Å². The smallest absolute Gasteiger partial charge is 2.00 e. The van der Waals surface area contributed by atoms with Crippen molar-refractivity contribution in [3.05, 3.63) is 0 Å². The van der Waals surface area contributed by atoms with Crippen LogP contribution in [0.15, 0.2) is 0 Å². The average Bonchev–Trinajstić information content (AvgIpc) is 0. The zero-order chi connectivity index (χ0) is 0. The van der Waals surface area contributed by atoms with E-state index in [1.807, 2.05) is 0 Å². The maximum absolute atomic E-state index is 0. The Morgan fingerprint density at radius 3 is 1.00 bits per heavy atom. The third-order valence-corrected chi connectivity index (χ3v) is 0. The van der Waals surface area contributed by atoms with Crippen molar-refractivity contribution in [1.29, 1.82) is 0 Å². The molecule has 0 bridgehead atoms. The number of rotatable bonds is 0. The molecule has 1 nitrogen and oxygen atoms in total. The van der Waals surface area contributed by atoms with E-state index >= 15 is 0 Å². The van der Waals surface area contributed by atoms with Crippen molar-refractivity contribution < 1.29 is 81.0 Å². The molecule has 0 heterocycles. The molecule has 0 aliphatic rings. The second-order valence-corrected chi connectivity index (χ2v) is 0. The Bertz CT molecular complexity index is 11.6. The Hall–Kier alpha value is 2.97. The Balaban J connectivity index is 0. The van der Waals surface area contributed by atoms with Crippen LogP contribution < -0.4 is 18.9 Å². The Kier molecular flexibility index (Phi) is 247. The molecule has 0 aliphatic carbocycles. The quantitative estimate of drug-likeness (QED) is 0.389. The van der Waals surface area contributed by atoms with Crippen LogP contribution in [0.3, 0.4) is 0 Å². The van der Waals surface area contributed by atoms with Crippen molar-refractivity contribution in [2.75, 3.05) is 0 Å². The minimum atomic E-state index is 0. The molecule has 0 saturated carbocycles. The summed E-state index contributed by atoms with van der Waals surface area (Å²) in [5.74, 6) is 0. The summed E-state index contributed by atoms with van der Waals surface area (Å²) in [6.45, 7) is 0. The van der Waals surface area contributed by atoms with Crippen LogP contribution in [0.4, 0.5) is 0 Å². The van der Waals surface area contributed by atoms with Gasteiger partial charge in [-0.1, -0.05) is 0 Å². The average molecular weight is 384 g/mol. The predicted molar refractivity (Wildman–Crippen MR) is 6.44 cm³/mol. The molecule has 0 atom stereocenters. The van der Waals surface area contributed by atoms with Gasteiger partial charge in [0.1, 0.15) is 0 Å². The summed E-state index contributed by atoms with van der Waals surface area (Å²) in [5, 5.41) is 0. The normalized spacial score (nSPS) is 0. The Labute approximate surface area is 96.5 Å². The largest absolute Gasteiger partial charge is 3.00 e. The topological polar surface area (TPSA) is 28.5 Å². The molecule has 0 fully saturated rings.